The number of aromatic amines is 1. The second kappa shape index (κ2) is 9.03. The second-order valence-corrected chi connectivity index (χ2v) is 8.80. The Hall–Kier alpha value is -3.98. The molecule has 0 aliphatic heterocycles. The molecule has 0 atom stereocenters. The van der Waals surface area contributed by atoms with Crippen LogP contribution in [0, 0.1) is 0 Å². The molecule has 9 heteroatoms. The summed E-state index contributed by atoms with van der Waals surface area (Å²) in [6.45, 7) is 0. The fraction of sp³-hybridized carbons (Fsp3) is 0.0870. The van der Waals surface area contributed by atoms with Gasteiger partial charge in [0.25, 0.3) is 0 Å². The maximum Gasteiger partial charge on any atom is 0.240 e. The first-order valence-corrected chi connectivity index (χ1v) is 11.2. The number of carbonyl (C=O) groups excluding carboxylic acids is 1. The van der Waals surface area contributed by atoms with E-state index in [-0.39, 0.29) is 16.3 Å². The van der Waals surface area contributed by atoms with Crippen LogP contribution in [0.5, 0.6) is 0 Å². The number of benzene rings is 2. The van der Waals surface area contributed by atoms with E-state index in [9.17, 15) is 18.3 Å². The highest BCUT2D eigenvalue weighted by Gasteiger charge is 2.30. The fourth-order valence-corrected chi connectivity index (χ4v) is 4.65. The molecular weight excluding hydrogens is 430 g/mol. The van der Waals surface area contributed by atoms with Crippen LogP contribution in [-0.2, 0) is 22.7 Å². The molecule has 0 amide bonds. The number of nitrogens with one attached hydrogen (secondary N) is 1. The van der Waals surface area contributed by atoms with Gasteiger partial charge in [-0.15, -0.1) is 0 Å². The van der Waals surface area contributed by atoms with Crippen molar-refractivity contribution in [1.29, 1.82) is 0 Å². The third-order valence-corrected chi connectivity index (χ3v) is 6.51. The number of carbonyl (C=O) groups is 1. The quantitative estimate of drug-likeness (QED) is 0.238. The van der Waals surface area contributed by atoms with E-state index in [1.165, 1.54) is 18.4 Å². The maximum absolute atomic E-state index is 13.2. The van der Waals surface area contributed by atoms with Gasteiger partial charge in [-0.25, -0.2) is 13.4 Å². The summed E-state index contributed by atoms with van der Waals surface area (Å²) >= 11 is 0. The number of hydrogen-bond acceptors (Lipinski definition) is 7. The van der Waals surface area contributed by atoms with Crippen LogP contribution in [0.15, 0.2) is 93.7 Å². The van der Waals surface area contributed by atoms with Gasteiger partial charge in [0.1, 0.15) is 12.1 Å². The van der Waals surface area contributed by atoms with Gasteiger partial charge in [0.05, 0.1) is 16.7 Å². The topological polar surface area (TPSA) is 126 Å². The zero-order valence-electron chi connectivity index (χ0n) is 16.8. The molecule has 2 heterocycles. The molecule has 0 aliphatic rings. The van der Waals surface area contributed by atoms with Gasteiger partial charge in [-0.1, -0.05) is 48.5 Å². The largest absolute Gasteiger partial charge is 0.507 e. The highest BCUT2D eigenvalue weighted by atomic mass is 32.2. The normalized spacial score (nSPS) is 12.1. The first-order valence-electron chi connectivity index (χ1n) is 9.72. The van der Waals surface area contributed by atoms with E-state index in [1.807, 2.05) is 30.3 Å². The summed E-state index contributed by atoms with van der Waals surface area (Å²) in [5.74, 6) is -1.27. The van der Waals surface area contributed by atoms with E-state index in [0.29, 0.717) is 18.4 Å². The van der Waals surface area contributed by atoms with Crippen LogP contribution in [0.4, 0.5) is 0 Å². The molecule has 0 bridgehead atoms. The zero-order chi connectivity index (χ0) is 22.6. The van der Waals surface area contributed by atoms with Crippen molar-refractivity contribution in [3.63, 3.8) is 0 Å². The van der Waals surface area contributed by atoms with E-state index < -0.39 is 26.5 Å². The van der Waals surface area contributed by atoms with Crippen molar-refractivity contribution in [2.24, 2.45) is 0 Å². The molecule has 0 fully saturated rings. The first-order chi connectivity index (χ1) is 15.5. The monoisotopic (exact) mass is 449 g/mol. The summed E-state index contributed by atoms with van der Waals surface area (Å²) in [4.78, 5) is 16.2. The Bertz CT molecular complexity index is 1340. The molecular formula is C23H19N3O5S. The van der Waals surface area contributed by atoms with Crippen molar-refractivity contribution in [2.45, 2.75) is 22.8 Å². The van der Waals surface area contributed by atoms with Crippen LogP contribution < -0.4 is 0 Å². The minimum absolute atomic E-state index is 0.0135. The number of ketones is 1. The number of H-pyrrole nitrogens is 1. The lowest BCUT2D eigenvalue weighted by atomic mass is 10.0. The summed E-state index contributed by atoms with van der Waals surface area (Å²) < 4.78 is 31.9. The molecule has 2 N–H and O–H groups in total. The van der Waals surface area contributed by atoms with E-state index in [0.717, 1.165) is 18.0 Å². The Morgan fingerprint density at radius 3 is 2.38 bits per heavy atom. The highest BCUT2D eigenvalue weighted by molar-refractivity contribution is 7.91. The minimum Gasteiger partial charge on any atom is -0.507 e. The Kier molecular flexibility index (Phi) is 6.00. The van der Waals surface area contributed by atoms with Crippen molar-refractivity contribution in [1.82, 2.24) is 15.2 Å². The summed E-state index contributed by atoms with van der Waals surface area (Å²) in [6.07, 6.45) is 4.34. The molecule has 0 saturated heterocycles. The number of aliphatic hydroxyl groups is 1. The molecule has 32 heavy (non-hydrogen) atoms. The molecule has 0 spiro atoms. The first kappa shape index (κ1) is 21.3. The van der Waals surface area contributed by atoms with Crippen LogP contribution in [0.2, 0.25) is 0 Å². The molecule has 4 rings (SSSR count). The number of sulfone groups is 1. The Labute approximate surface area is 184 Å². The minimum atomic E-state index is -4.08. The lowest BCUT2D eigenvalue weighted by Crippen LogP contribution is -2.06. The number of furan rings is 1. The average Bonchev–Trinajstić information content (AvgIpc) is 3.49. The van der Waals surface area contributed by atoms with E-state index >= 15 is 0 Å². The van der Waals surface area contributed by atoms with Gasteiger partial charge in [-0.3, -0.25) is 9.89 Å². The summed E-state index contributed by atoms with van der Waals surface area (Å²) in [5.41, 5.74) is 1.45. The van der Waals surface area contributed by atoms with Crippen molar-refractivity contribution in [3.05, 3.63) is 102 Å². The van der Waals surface area contributed by atoms with E-state index in [2.05, 4.69) is 15.2 Å². The lowest BCUT2D eigenvalue weighted by molar-refractivity contribution is 0.103. The molecule has 0 radical (unpaired) electrons. The van der Waals surface area contributed by atoms with Crippen molar-refractivity contribution in [2.75, 3.05) is 0 Å². The molecule has 0 aliphatic carbocycles. The Morgan fingerprint density at radius 1 is 1.03 bits per heavy atom. The van der Waals surface area contributed by atoms with Crippen LogP contribution in [0.1, 0.15) is 27.3 Å². The number of hydrogen-bond donors (Lipinski definition) is 2. The third-order valence-electron chi connectivity index (χ3n) is 4.83. The van der Waals surface area contributed by atoms with Crippen LogP contribution in [-0.4, -0.2) is 34.5 Å². The number of allylic oxidation sites excluding steroid dienone is 1. The van der Waals surface area contributed by atoms with Gasteiger partial charge in [0, 0.05) is 11.6 Å². The van der Waals surface area contributed by atoms with Gasteiger partial charge in [0.2, 0.25) is 20.7 Å². The lowest BCUT2D eigenvalue weighted by Gasteiger charge is -2.07. The Morgan fingerprint density at radius 2 is 1.72 bits per heavy atom. The van der Waals surface area contributed by atoms with Gasteiger partial charge in [-0.2, -0.15) is 5.10 Å². The number of aryl methyl sites for hydroxylation is 2. The molecule has 4 aromatic rings. The van der Waals surface area contributed by atoms with Crippen molar-refractivity contribution in [3.8, 4) is 0 Å². The van der Waals surface area contributed by atoms with Gasteiger partial charge in [-0.05, 0) is 30.5 Å². The summed E-state index contributed by atoms with van der Waals surface area (Å²) in [5, 5.41) is 16.4. The van der Waals surface area contributed by atoms with Gasteiger partial charge < -0.3 is 9.52 Å². The SMILES string of the molecule is O=C(C=C(O)c1c(CCc2ccccc2)coc1S(=O)(=O)c1ccccc1)c1ncn[nH]1. The molecule has 0 saturated carbocycles. The number of nitrogens with zero attached hydrogens (tertiary/aromatic N) is 2. The molecule has 2 aromatic carbocycles. The molecule has 162 valence electrons. The second-order valence-electron chi connectivity index (χ2n) is 6.95. The van der Waals surface area contributed by atoms with Gasteiger partial charge in [0.15, 0.2) is 5.82 Å². The van der Waals surface area contributed by atoms with Crippen molar-refractivity contribution >= 4 is 21.4 Å². The highest BCUT2D eigenvalue weighted by Crippen LogP contribution is 2.33. The zero-order valence-corrected chi connectivity index (χ0v) is 17.6. The summed E-state index contributed by atoms with van der Waals surface area (Å²) in [6, 6.07) is 17.4. The van der Waals surface area contributed by atoms with Crippen molar-refractivity contribution < 1.29 is 22.7 Å². The van der Waals surface area contributed by atoms with Crippen LogP contribution >= 0.6 is 0 Å². The predicted molar refractivity (Wildman–Crippen MR) is 116 cm³/mol. The fourth-order valence-electron chi connectivity index (χ4n) is 3.24. The summed E-state index contributed by atoms with van der Waals surface area (Å²) in [7, 11) is -4.08. The smallest absolute Gasteiger partial charge is 0.240 e. The van der Waals surface area contributed by atoms with E-state index in [1.54, 1.807) is 18.2 Å². The molecule has 0 unspecified atom stereocenters. The number of aromatic nitrogens is 3. The Balaban J connectivity index is 1.77. The van der Waals surface area contributed by atoms with Crippen LogP contribution in [0.3, 0.4) is 0 Å². The molecule has 8 nitrogen and oxygen atoms in total. The van der Waals surface area contributed by atoms with Crippen LogP contribution in [0.25, 0.3) is 5.76 Å². The standard InChI is InChI=1S/C23H19N3O5S/c27-19(13-20(28)22-24-15-25-26-22)21-17(12-11-16-7-3-1-4-8-16)14-31-23(21)32(29,30)18-9-5-2-6-10-18/h1-10,13-15,27H,11-12H2,(H,24,25,26). The predicted octanol–water partition coefficient (Wildman–Crippen LogP) is 3.80. The molecule has 2 aromatic heterocycles. The maximum atomic E-state index is 13.2. The van der Waals surface area contributed by atoms with E-state index in [4.69, 9.17) is 4.42 Å². The number of aliphatic hydroxyl groups excluding tert-OH is 1. The average molecular weight is 449 g/mol. The van der Waals surface area contributed by atoms with Gasteiger partial charge >= 0.3 is 0 Å². The number of rotatable bonds is 8. The third kappa shape index (κ3) is 4.37.